The highest BCUT2D eigenvalue weighted by molar-refractivity contribution is 6.00. The number of terminal acetylenes is 3. The number of fused-ring (bicyclic) bond motifs is 8. The van der Waals surface area contributed by atoms with Gasteiger partial charge in [0.15, 0.2) is 0 Å². The summed E-state index contributed by atoms with van der Waals surface area (Å²) >= 11 is 0. The van der Waals surface area contributed by atoms with Gasteiger partial charge in [-0.3, -0.25) is 0 Å². The van der Waals surface area contributed by atoms with E-state index in [-0.39, 0.29) is 13.2 Å². The average Bonchev–Trinajstić information content (AvgIpc) is 4.33. The molecule has 2 N–H and O–H groups in total. The molecular weight excluding hydrogens is 953 g/mol. The topological polar surface area (TPSA) is 131 Å². The van der Waals surface area contributed by atoms with Gasteiger partial charge in [0.25, 0.3) is 0 Å². The summed E-state index contributed by atoms with van der Waals surface area (Å²) in [6.45, 7) is 5.03. The largest absolute Gasteiger partial charge is 0.491 e. The lowest BCUT2D eigenvalue weighted by molar-refractivity contribution is 0.0174. The molecule has 0 amide bonds. The zero-order valence-electron chi connectivity index (χ0n) is 42.7. The summed E-state index contributed by atoms with van der Waals surface area (Å²) in [6.07, 6.45) is 25.7. The molecular formula is C64H58N4O8. The maximum Gasteiger partial charge on any atom is 0.123 e. The van der Waals surface area contributed by atoms with Crippen LogP contribution in [0.25, 0.3) is 90.9 Å². The van der Waals surface area contributed by atoms with Crippen LogP contribution in [0.15, 0.2) is 115 Å². The van der Waals surface area contributed by atoms with E-state index in [0.29, 0.717) is 83.3 Å². The molecule has 4 aromatic carbocycles. The number of H-pyrrole nitrogens is 2. The number of aromatic amines is 2. The molecule has 2 aliphatic rings. The van der Waals surface area contributed by atoms with Gasteiger partial charge in [0, 0.05) is 81.3 Å². The van der Waals surface area contributed by atoms with Gasteiger partial charge >= 0.3 is 0 Å². The first-order valence-electron chi connectivity index (χ1n) is 25.0. The Balaban J connectivity index is 1.24. The maximum atomic E-state index is 6.43. The van der Waals surface area contributed by atoms with Gasteiger partial charge < -0.3 is 47.9 Å². The molecule has 0 spiro atoms. The van der Waals surface area contributed by atoms with Crippen LogP contribution in [-0.2, 0) is 28.4 Å². The van der Waals surface area contributed by atoms with Crippen LogP contribution in [-0.4, -0.2) is 113 Å². The summed E-state index contributed by atoms with van der Waals surface area (Å²) in [4.78, 5) is 18.5. The predicted octanol–water partition coefficient (Wildman–Crippen LogP) is 11.4. The standard InChI is InChI=1S/C64H58N4O8/c1-6-44-9-15-47(16-10-44)61-53-21-23-55(65-53)62(48-17-11-45(7-2)12-18-48)57-25-27-59(67-57)64(60-28-26-58(68-60)63(56-24-22-54(61)66-56)49-19-13-46(8-3)14-20-49)50-41-51(75-39-37-73-35-33-71-31-29-69-4)43-52(42-50)76-40-38-74-36-34-72-32-30-70-5/h1-3,9-28,41-43,65,68H,29-40H2,4-5H3. The number of ether oxygens (including phenoxy) is 8. The smallest absolute Gasteiger partial charge is 0.123 e. The third-order valence-corrected chi connectivity index (χ3v) is 12.5. The van der Waals surface area contributed by atoms with Crippen molar-refractivity contribution in [2.75, 3.05) is 93.5 Å². The summed E-state index contributed by atoms with van der Waals surface area (Å²) in [5.41, 5.74) is 15.6. The maximum absolute atomic E-state index is 6.43. The van der Waals surface area contributed by atoms with Crippen LogP contribution in [0.2, 0.25) is 0 Å². The van der Waals surface area contributed by atoms with Gasteiger partial charge in [0.1, 0.15) is 24.7 Å². The Bertz CT molecular complexity index is 3400. The van der Waals surface area contributed by atoms with Crippen LogP contribution < -0.4 is 9.47 Å². The molecule has 0 unspecified atom stereocenters. The number of rotatable bonds is 24. The van der Waals surface area contributed by atoms with Gasteiger partial charge in [-0.2, -0.15) is 0 Å². The summed E-state index contributed by atoms with van der Waals surface area (Å²) in [5, 5.41) is 0. The molecule has 0 saturated heterocycles. The minimum Gasteiger partial charge on any atom is -0.491 e. The number of aromatic nitrogens is 4. The van der Waals surface area contributed by atoms with Crippen molar-refractivity contribution in [3.8, 4) is 93.0 Å². The van der Waals surface area contributed by atoms with E-state index in [1.165, 1.54) is 0 Å². The predicted molar refractivity (Wildman–Crippen MR) is 302 cm³/mol. The normalized spacial score (nSPS) is 11.6. The third-order valence-electron chi connectivity index (χ3n) is 12.5. The number of methoxy groups -OCH3 is 2. The fourth-order valence-electron chi connectivity index (χ4n) is 8.87. The number of hydrogen-bond donors (Lipinski definition) is 2. The lowest BCUT2D eigenvalue weighted by Gasteiger charge is -2.14. The Morgan fingerprint density at radius 3 is 0.947 bits per heavy atom. The second kappa shape index (κ2) is 26.1. The summed E-state index contributed by atoms with van der Waals surface area (Å²) in [5.74, 6) is 9.43. The highest BCUT2D eigenvalue weighted by atomic mass is 16.6. The van der Waals surface area contributed by atoms with E-state index in [9.17, 15) is 0 Å². The van der Waals surface area contributed by atoms with Crippen molar-refractivity contribution in [3.05, 3.63) is 155 Å². The molecule has 0 saturated carbocycles. The van der Waals surface area contributed by atoms with Crippen LogP contribution in [0.4, 0.5) is 0 Å². The van der Waals surface area contributed by atoms with Crippen molar-refractivity contribution in [2.24, 2.45) is 0 Å². The van der Waals surface area contributed by atoms with Crippen molar-refractivity contribution >= 4 is 46.4 Å². The zero-order valence-corrected chi connectivity index (χ0v) is 42.7. The highest BCUT2D eigenvalue weighted by Gasteiger charge is 2.20. The molecule has 5 heterocycles. The van der Waals surface area contributed by atoms with Crippen molar-refractivity contribution in [2.45, 2.75) is 0 Å². The fraction of sp³-hybridized carbons (Fsp3) is 0.219. The van der Waals surface area contributed by atoms with Crippen molar-refractivity contribution in [1.82, 2.24) is 19.9 Å². The van der Waals surface area contributed by atoms with E-state index in [2.05, 4.69) is 64.1 Å². The molecule has 76 heavy (non-hydrogen) atoms. The molecule has 9 rings (SSSR count). The van der Waals surface area contributed by atoms with Gasteiger partial charge in [-0.25, -0.2) is 9.97 Å². The lowest BCUT2D eigenvalue weighted by atomic mass is 10.0. The van der Waals surface area contributed by atoms with E-state index >= 15 is 0 Å². The minimum atomic E-state index is 0.281. The molecule has 0 fully saturated rings. The minimum absolute atomic E-state index is 0.281. The van der Waals surface area contributed by atoms with Crippen molar-refractivity contribution < 1.29 is 37.9 Å². The van der Waals surface area contributed by atoms with E-state index in [1.54, 1.807) is 14.2 Å². The number of nitrogens with one attached hydrogen (secondary N) is 2. The van der Waals surface area contributed by atoms with Crippen molar-refractivity contribution in [1.29, 1.82) is 0 Å². The highest BCUT2D eigenvalue weighted by Crippen LogP contribution is 2.40. The molecule has 0 atom stereocenters. The molecule has 8 bridgehead atoms. The number of hydrogen-bond acceptors (Lipinski definition) is 10. The summed E-state index contributed by atoms with van der Waals surface area (Å²) in [6, 6.07) is 38.0. The second-order valence-electron chi connectivity index (χ2n) is 17.5. The van der Waals surface area contributed by atoms with Crippen LogP contribution in [0.1, 0.15) is 39.5 Å². The first-order valence-corrected chi connectivity index (χ1v) is 25.0. The molecule has 3 aromatic heterocycles. The van der Waals surface area contributed by atoms with Gasteiger partial charge in [-0.05, 0) is 119 Å². The monoisotopic (exact) mass is 1010 g/mol. The number of nitrogens with zero attached hydrogens (tertiary/aromatic N) is 2. The quantitative estimate of drug-likeness (QED) is 0.0445. The summed E-state index contributed by atoms with van der Waals surface area (Å²) < 4.78 is 45.9. The molecule has 382 valence electrons. The van der Waals surface area contributed by atoms with Gasteiger partial charge in [0.05, 0.1) is 88.8 Å². The molecule has 2 aliphatic heterocycles. The Morgan fingerprint density at radius 1 is 0.355 bits per heavy atom. The SMILES string of the molecule is C#Cc1ccc(-c2c3nc(c(-c4ccc(C#C)cc4)c4ccc([nH]4)c(-c4cc(OCCOCCOCCOC)cc(OCCOCCOCCOC)c4)c4nc(c(-c5ccc(C#C)cc5)c5ccc2[nH]5)C=C4)C=C3)cc1. The number of benzene rings is 4. The van der Waals surface area contributed by atoms with Crippen molar-refractivity contribution in [3.63, 3.8) is 0 Å². The van der Waals surface area contributed by atoms with Gasteiger partial charge in [-0.15, -0.1) is 19.3 Å². The lowest BCUT2D eigenvalue weighted by Crippen LogP contribution is -2.13. The van der Waals surface area contributed by atoms with Crippen LogP contribution in [0.3, 0.4) is 0 Å². The fourth-order valence-corrected chi connectivity index (χ4v) is 8.87. The van der Waals surface area contributed by atoms with E-state index in [0.717, 1.165) is 100 Å². The molecule has 7 aromatic rings. The molecule has 12 nitrogen and oxygen atoms in total. The average molecular weight is 1010 g/mol. The van der Waals surface area contributed by atoms with Crippen LogP contribution in [0.5, 0.6) is 11.5 Å². The van der Waals surface area contributed by atoms with Gasteiger partial charge in [-0.1, -0.05) is 54.2 Å². The Morgan fingerprint density at radius 2 is 0.645 bits per heavy atom. The first-order chi connectivity index (χ1) is 37.5. The van der Waals surface area contributed by atoms with Gasteiger partial charge in [0.2, 0.25) is 0 Å². The zero-order chi connectivity index (χ0) is 52.5. The Hall–Kier alpha value is -8.48. The van der Waals surface area contributed by atoms with Crippen LogP contribution in [0, 0.1) is 37.0 Å². The molecule has 12 heteroatoms. The van der Waals surface area contributed by atoms with E-state index in [1.807, 2.05) is 103 Å². The first kappa shape index (κ1) is 52.4. The second-order valence-corrected chi connectivity index (χ2v) is 17.5. The third kappa shape index (κ3) is 12.9. The van der Waals surface area contributed by atoms with E-state index in [4.69, 9.17) is 67.1 Å². The van der Waals surface area contributed by atoms with Crippen LogP contribution >= 0.6 is 0 Å². The molecule has 0 aliphatic carbocycles. The van der Waals surface area contributed by atoms with E-state index < -0.39 is 0 Å². The Labute approximate surface area is 443 Å². The Kier molecular flexibility index (Phi) is 18.0. The molecule has 0 radical (unpaired) electrons. The summed E-state index contributed by atoms with van der Waals surface area (Å²) in [7, 11) is 3.29.